The van der Waals surface area contributed by atoms with Gasteiger partial charge in [-0.2, -0.15) is 0 Å². The van der Waals surface area contributed by atoms with Crippen LogP contribution in [-0.2, 0) is 10.8 Å². The summed E-state index contributed by atoms with van der Waals surface area (Å²) in [5.74, 6) is 0. The third-order valence-electron chi connectivity index (χ3n) is 15.1. The van der Waals surface area contributed by atoms with Gasteiger partial charge in [0.1, 0.15) is 0 Å². The summed E-state index contributed by atoms with van der Waals surface area (Å²) in [4.78, 5) is 5.09. The summed E-state index contributed by atoms with van der Waals surface area (Å²) >= 11 is 0. The van der Waals surface area contributed by atoms with E-state index in [1.54, 1.807) is 0 Å². The quantitative estimate of drug-likeness (QED) is 0.133. The van der Waals surface area contributed by atoms with Gasteiger partial charge in [0, 0.05) is 45.0 Å². The molecule has 0 saturated carbocycles. The second-order valence-corrected chi connectivity index (χ2v) is 19.8. The Labute approximate surface area is 407 Å². The van der Waals surface area contributed by atoms with Gasteiger partial charge in [-0.1, -0.05) is 228 Å². The van der Waals surface area contributed by atoms with Crippen LogP contribution in [0.3, 0.4) is 0 Å². The van der Waals surface area contributed by atoms with Crippen LogP contribution in [0.4, 0.5) is 34.1 Å². The maximum absolute atomic E-state index is 2.55. The number of fused-ring (bicyclic) bond motifs is 4. The van der Waals surface area contributed by atoms with Crippen LogP contribution in [-0.4, -0.2) is 6.71 Å². The first-order valence-electron chi connectivity index (χ1n) is 24.3. The molecule has 0 aromatic heterocycles. The van der Waals surface area contributed by atoms with Gasteiger partial charge in [-0.15, -0.1) is 0 Å². The summed E-state index contributed by atoms with van der Waals surface area (Å²) < 4.78 is 0. The van der Waals surface area contributed by atoms with Gasteiger partial charge in [0.15, 0.2) is 0 Å². The lowest BCUT2D eigenvalue weighted by atomic mass is 9.33. The number of benzene rings is 10. The third-order valence-corrected chi connectivity index (χ3v) is 15.1. The standard InChI is InChI=1S/C66H53BN2/c1-65(2,52-26-16-8-17-27-52)54-34-40-60-58(44-54)67-59-45-55(66(3,4)53-28-18-9-19-29-53)35-41-61(59)69(57-38-32-50(33-39-57)47-22-12-6-13-23-47)63-43-51(48-24-14-7-15-25-48)42-62(64(63)67)68(60)56-36-30-49(31-37-56)46-20-10-5-11-21-46/h5-45H,1-4H3. The average Bonchev–Trinajstić information content (AvgIpc) is 3.41. The van der Waals surface area contributed by atoms with Gasteiger partial charge < -0.3 is 9.80 Å². The van der Waals surface area contributed by atoms with Crippen molar-refractivity contribution in [1.82, 2.24) is 0 Å². The van der Waals surface area contributed by atoms with Gasteiger partial charge in [-0.25, -0.2) is 0 Å². The molecule has 2 heterocycles. The fourth-order valence-corrected chi connectivity index (χ4v) is 11.0. The second-order valence-electron chi connectivity index (χ2n) is 19.8. The zero-order valence-electron chi connectivity index (χ0n) is 39.6. The lowest BCUT2D eigenvalue weighted by Crippen LogP contribution is -2.61. The fourth-order valence-electron chi connectivity index (χ4n) is 11.0. The zero-order chi connectivity index (χ0) is 46.7. The van der Waals surface area contributed by atoms with E-state index < -0.39 is 0 Å². The first-order chi connectivity index (χ1) is 33.7. The van der Waals surface area contributed by atoms with Crippen molar-refractivity contribution in [2.45, 2.75) is 38.5 Å². The molecule has 0 fully saturated rings. The van der Waals surface area contributed by atoms with Crippen LogP contribution in [0, 0.1) is 0 Å². The molecule has 0 aliphatic carbocycles. The lowest BCUT2D eigenvalue weighted by molar-refractivity contribution is 0.641. The number of hydrogen-bond donors (Lipinski definition) is 0. The van der Waals surface area contributed by atoms with Gasteiger partial charge in [-0.3, -0.25) is 0 Å². The molecule has 0 bridgehead atoms. The van der Waals surface area contributed by atoms with Gasteiger partial charge in [0.25, 0.3) is 6.71 Å². The zero-order valence-corrected chi connectivity index (χ0v) is 39.6. The monoisotopic (exact) mass is 884 g/mol. The van der Waals surface area contributed by atoms with Crippen molar-refractivity contribution in [3.8, 4) is 33.4 Å². The molecule has 69 heavy (non-hydrogen) atoms. The highest BCUT2D eigenvalue weighted by Gasteiger charge is 2.45. The van der Waals surface area contributed by atoms with E-state index in [2.05, 4.69) is 286 Å². The summed E-state index contributed by atoms with van der Waals surface area (Å²) in [7, 11) is 0. The first kappa shape index (κ1) is 42.2. The molecule has 10 aromatic rings. The van der Waals surface area contributed by atoms with E-state index in [-0.39, 0.29) is 17.5 Å². The Morgan fingerprint density at radius 1 is 0.275 bits per heavy atom. The molecule has 0 spiro atoms. The van der Waals surface area contributed by atoms with Crippen molar-refractivity contribution in [2.75, 3.05) is 9.80 Å². The van der Waals surface area contributed by atoms with Crippen LogP contribution in [0.1, 0.15) is 49.9 Å². The van der Waals surface area contributed by atoms with E-state index in [1.165, 1.54) is 94.8 Å². The molecule has 0 saturated heterocycles. The van der Waals surface area contributed by atoms with Crippen molar-refractivity contribution in [2.24, 2.45) is 0 Å². The molecule has 2 aliphatic rings. The van der Waals surface area contributed by atoms with Gasteiger partial charge in [-0.05, 0) is 121 Å². The molecule has 330 valence electrons. The number of nitrogens with zero attached hydrogens (tertiary/aromatic N) is 2. The largest absolute Gasteiger partial charge is 0.311 e. The lowest BCUT2D eigenvalue weighted by Gasteiger charge is -2.45. The molecule has 2 nitrogen and oxygen atoms in total. The fraction of sp³-hybridized carbons (Fsp3) is 0.0909. The Balaban J connectivity index is 1.15. The van der Waals surface area contributed by atoms with Crippen molar-refractivity contribution in [3.05, 3.63) is 271 Å². The number of hydrogen-bond acceptors (Lipinski definition) is 2. The number of anilines is 6. The molecular weight excluding hydrogens is 832 g/mol. The molecule has 0 amide bonds. The van der Waals surface area contributed by atoms with Gasteiger partial charge in [0.05, 0.1) is 0 Å². The Kier molecular flexibility index (Phi) is 10.3. The van der Waals surface area contributed by atoms with Crippen LogP contribution >= 0.6 is 0 Å². The van der Waals surface area contributed by atoms with Crippen LogP contribution in [0.2, 0.25) is 0 Å². The Morgan fingerprint density at radius 2 is 0.594 bits per heavy atom. The van der Waals surface area contributed by atoms with E-state index in [1.807, 2.05) is 0 Å². The molecule has 3 heteroatoms. The molecule has 10 aromatic carbocycles. The molecule has 0 unspecified atom stereocenters. The van der Waals surface area contributed by atoms with Crippen molar-refractivity contribution in [1.29, 1.82) is 0 Å². The van der Waals surface area contributed by atoms with Crippen LogP contribution < -0.4 is 26.2 Å². The first-order valence-corrected chi connectivity index (χ1v) is 24.3. The Bertz CT molecular complexity index is 3250. The van der Waals surface area contributed by atoms with Crippen molar-refractivity contribution >= 4 is 57.2 Å². The summed E-state index contributed by atoms with van der Waals surface area (Å²) in [6, 6.07) is 92.2. The normalized spacial score (nSPS) is 12.8. The topological polar surface area (TPSA) is 6.48 Å². The summed E-state index contributed by atoms with van der Waals surface area (Å²) in [5, 5.41) is 0. The molecule has 0 atom stereocenters. The summed E-state index contributed by atoms with van der Waals surface area (Å²) in [5.41, 5.74) is 22.8. The van der Waals surface area contributed by atoms with E-state index >= 15 is 0 Å². The van der Waals surface area contributed by atoms with E-state index in [0.29, 0.717) is 0 Å². The molecule has 12 rings (SSSR count). The Morgan fingerprint density at radius 3 is 0.957 bits per heavy atom. The smallest absolute Gasteiger partial charge is 0.252 e. The second kappa shape index (κ2) is 16.9. The van der Waals surface area contributed by atoms with Gasteiger partial charge in [0.2, 0.25) is 0 Å². The minimum atomic E-state index is -0.250. The summed E-state index contributed by atoms with van der Waals surface area (Å²) in [6.45, 7) is 9.41. The maximum atomic E-state index is 2.55. The SMILES string of the molecule is CC(C)(c1ccccc1)c1ccc2c(c1)B1c3cc(C(C)(C)c4ccccc4)ccc3N(c3ccc(-c4ccccc4)cc3)c3cc(-c4ccccc4)cc(c31)N2c1ccc(-c2ccccc2)cc1. The predicted molar refractivity (Wildman–Crippen MR) is 294 cm³/mol. The minimum absolute atomic E-state index is 0.0671. The third kappa shape index (κ3) is 7.29. The average molecular weight is 885 g/mol. The van der Waals surface area contributed by atoms with Crippen LogP contribution in [0.15, 0.2) is 249 Å². The van der Waals surface area contributed by atoms with Crippen molar-refractivity contribution in [3.63, 3.8) is 0 Å². The van der Waals surface area contributed by atoms with Crippen LogP contribution in [0.5, 0.6) is 0 Å². The van der Waals surface area contributed by atoms with Gasteiger partial charge >= 0.3 is 0 Å². The highest BCUT2D eigenvalue weighted by atomic mass is 15.2. The van der Waals surface area contributed by atoms with Crippen molar-refractivity contribution < 1.29 is 0 Å². The highest BCUT2D eigenvalue weighted by Crippen LogP contribution is 2.48. The number of rotatable bonds is 9. The van der Waals surface area contributed by atoms with Crippen LogP contribution in [0.25, 0.3) is 33.4 Å². The van der Waals surface area contributed by atoms with E-state index in [4.69, 9.17) is 0 Å². The molecule has 2 aliphatic heterocycles. The molecular formula is C66H53BN2. The maximum Gasteiger partial charge on any atom is 0.252 e. The predicted octanol–water partition coefficient (Wildman–Crippen LogP) is 15.4. The van der Waals surface area contributed by atoms with E-state index in [0.717, 1.165) is 11.4 Å². The Hall–Kier alpha value is -8.14. The minimum Gasteiger partial charge on any atom is -0.311 e. The van der Waals surface area contributed by atoms with E-state index in [9.17, 15) is 0 Å². The molecule has 0 radical (unpaired) electrons. The highest BCUT2D eigenvalue weighted by molar-refractivity contribution is 7.00. The molecule has 0 N–H and O–H groups in total. The summed E-state index contributed by atoms with van der Waals surface area (Å²) in [6.07, 6.45) is 0.